The molecule has 0 aliphatic carbocycles. The lowest BCUT2D eigenvalue weighted by Crippen LogP contribution is -2.41. The van der Waals surface area contributed by atoms with Gasteiger partial charge in [-0.05, 0) is 36.8 Å². The number of nitrogens with one attached hydrogen (secondary N) is 1. The number of pyridine rings is 1. The molecule has 6 heteroatoms. The van der Waals surface area contributed by atoms with Crippen molar-refractivity contribution in [2.75, 3.05) is 24.5 Å². The van der Waals surface area contributed by atoms with Crippen LogP contribution in [0.5, 0.6) is 0 Å². The minimum absolute atomic E-state index is 0.145. The van der Waals surface area contributed by atoms with Gasteiger partial charge in [0.25, 0.3) is 0 Å². The van der Waals surface area contributed by atoms with E-state index in [1.165, 1.54) is 0 Å². The Morgan fingerprint density at radius 1 is 1.45 bits per heavy atom. The maximum atomic E-state index is 11.0. The summed E-state index contributed by atoms with van der Waals surface area (Å²) in [4.78, 5) is 17.6. The minimum atomic E-state index is -0.733. The first-order valence-corrected chi connectivity index (χ1v) is 7.29. The van der Waals surface area contributed by atoms with Crippen LogP contribution in [0.25, 0.3) is 0 Å². The molecule has 5 nitrogen and oxygen atoms in total. The molecule has 20 heavy (non-hydrogen) atoms. The Labute approximate surface area is 122 Å². The Morgan fingerprint density at radius 2 is 2.20 bits per heavy atom. The van der Waals surface area contributed by atoms with E-state index in [0.717, 1.165) is 44.7 Å². The smallest absolute Gasteiger partial charge is 0.320 e. The fourth-order valence-electron chi connectivity index (χ4n) is 3.24. The molecule has 1 atom stereocenters. The van der Waals surface area contributed by atoms with E-state index in [0.29, 0.717) is 5.02 Å². The first-order valence-electron chi connectivity index (χ1n) is 6.91. The third-order valence-corrected chi connectivity index (χ3v) is 4.74. The van der Waals surface area contributed by atoms with Gasteiger partial charge < -0.3 is 15.3 Å². The summed E-state index contributed by atoms with van der Waals surface area (Å²) in [7, 11) is 0. The molecule has 2 aliphatic rings. The predicted molar refractivity (Wildman–Crippen MR) is 77.2 cm³/mol. The SMILES string of the molecule is O=C(O)C1CC2(CCN(c3ccc(Cl)cn3)CC2)CN1. The number of rotatable bonds is 2. The van der Waals surface area contributed by atoms with Crippen molar-refractivity contribution >= 4 is 23.4 Å². The summed E-state index contributed by atoms with van der Waals surface area (Å²) in [5.74, 6) is 0.216. The van der Waals surface area contributed by atoms with Gasteiger partial charge in [-0.3, -0.25) is 4.79 Å². The number of piperidine rings is 1. The molecule has 0 aromatic carbocycles. The van der Waals surface area contributed by atoms with Crippen molar-refractivity contribution in [1.82, 2.24) is 10.3 Å². The highest BCUT2D eigenvalue weighted by molar-refractivity contribution is 6.30. The second-order valence-corrected chi connectivity index (χ2v) is 6.23. The maximum Gasteiger partial charge on any atom is 0.320 e. The van der Waals surface area contributed by atoms with Gasteiger partial charge in [0, 0.05) is 25.8 Å². The van der Waals surface area contributed by atoms with Crippen molar-refractivity contribution in [3.05, 3.63) is 23.4 Å². The number of hydrogen-bond acceptors (Lipinski definition) is 4. The van der Waals surface area contributed by atoms with E-state index in [4.69, 9.17) is 16.7 Å². The number of carbonyl (C=O) groups is 1. The van der Waals surface area contributed by atoms with Crippen LogP contribution in [0.15, 0.2) is 18.3 Å². The van der Waals surface area contributed by atoms with E-state index in [1.54, 1.807) is 6.20 Å². The van der Waals surface area contributed by atoms with Gasteiger partial charge in [0.2, 0.25) is 0 Å². The molecular formula is C14H18ClN3O2. The molecule has 2 fully saturated rings. The Bertz CT molecular complexity index is 498. The van der Waals surface area contributed by atoms with E-state index < -0.39 is 5.97 Å². The van der Waals surface area contributed by atoms with Crippen molar-refractivity contribution in [2.24, 2.45) is 5.41 Å². The Kier molecular flexibility index (Phi) is 3.56. The molecule has 1 spiro atoms. The van der Waals surface area contributed by atoms with Crippen LogP contribution in [0.2, 0.25) is 5.02 Å². The fourth-order valence-corrected chi connectivity index (χ4v) is 3.35. The summed E-state index contributed by atoms with van der Waals surface area (Å²) >= 11 is 5.85. The lowest BCUT2D eigenvalue weighted by atomic mass is 9.76. The highest BCUT2D eigenvalue weighted by Gasteiger charge is 2.43. The number of aliphatic carboxylic acids is 1. The quantitative estimate of drug-likeness (QED) is 0.870. The number of carboxylic acids is 1. The molecule has 1 aromatic rings. The molecule has 2 saturated heterocycles. The Balaban J connectivity index is 1.62. The average Bonchev–Trinajstić information content (AvgIpc) is 2.85. The second kappa shape index (κ2) is 5.22. The molecule has 1 unspecified atom stereocenters. The highest BCUT2D eigenvalue weighted by Crippen LogP contribution is 2.40. The van der Waals surface area contributed by atoms with Gasteiger partial charge in [-0.25, -0.2) is 4.98 Å². The topological polar surface area (TPSA) is 65.5 Å². The molecule has 0 radical (unpaired) electrons. The lowest BCUT2D eigenvalue weighted by Gasteiger charge is -2.39. The van der Waals surface area contributed by atoms with Gasteiger partial charge in [0.05, 0.1) is 5.02 Å². The third-order valence-electron chi connectivity index (χ3n) is 4.52. The molecule has 0 saturated carbocycles. The summed E-state index contributed by atoms with van der Waals surface area (Å²) in [5, 5.41) is 12.9. The monoisotopic (exact) mass is 295 g/mol. The molecule has 0 amide bonds. The fraction of sp³-hybridized carbons (Fsp3) is 0.571. The molecule has 3 heterocycles. The maximum absolute atomic E-state index is 11.0. The van der Waals surface area contributed by atoms with E-state index in [9.17, 15) is 4.79 Å². The normalized spacial score (nSPS) is 25.1. The Hall–Kier alpha value is -1.33. The number of nitrogens with zero attached hydrogens (tertiary/aromatic N) is 2. The Morgan fingerprint density at radius 3 is 2.75 bits per heavy atom. The second-order valence-electron chi connectivity index (χ2n) is 5.80. The van der Waals surface area contributed by atoms with Gasteiger partial charge >= 0.3 is 5.97 Å². The van der Waals surface area contributed by atoms with Gasteiger partial charge in [0.15, 0.2) is 0 Å². The molecule has 0 bridgehead atoms. The van der Waals surface area contributed by atoms with Crippen LogP contribution in [0.4, 0.5) is 5.82 Å². The van der Waals surface area contributed by atoms with E-state index in [1.807, 2.05) is 12.1 Å². The van der Waals surface area contributed by atoms with Crippen molar-refractivity contribution < 1.29 is 9.90 Å². The van der Waals surface area contributed by atoms with E-state index in [2.05, 4.69) is 15.2 Å². The molecule has 1 aromatic heterocycles. The standard InChI is InChI=1S/C14H18ClN3O2/c15-10-1-2-12(16-8-10)18-5-3-14(4-6-18)7-11(13(19)20)17-9-14/h1-2,8,11,17H,3-7,9H2,(H,19,20). The predicted octanol–water partition coefficient (Wildman–Crippen LogP) is 1.77. The van der Waals surface area contributed by atoms with Gasteiger partial charge in [0.1, 0.15) is 11.9 Å². The van der Waals surface area contributed by atoms with Crippen LogP contribution in [-0.4, -0.2) is 41.7 Å². The lowest BCUT2D eigenvalue weighted by molar-refractivity contribution is -0.139. The van der Waals surface area contributed by atoms with Crippen molar-refractivity contribution in [3.63, 3.8) is 0 Å². The first-order chi connectivity index (χ1) is 9.58. The van der Waals surface area contributed by atoms with E-state index >= 15 is 0 Å². The molecule has 2 N–H and O–H groups in total. The van der Waals surface area contributed by atoms with Crippen LogP contribution in [0.3, 0.4) is 0 Å². The van der Waals surface area contributed by atoms with E-state index in [-0.39, 0.29) is 11.5 Å². The van der Waals surface area contributed by atoms with Crippen LogP contribution < -0.4 is 10.2 Å². The number of hydrogen-bond donors (Lipinski definition) is 2. The highest BCUT2D eigenvalue weighted by atomic mass is 35.5. The van der Waals surface area contributed by atoms with Crippen molar-refractivity contribution in [2.45, 2.75) is 25.3 Å². The first kappa shape index (κ1) is 13.6. The third kappa shape index (κ3) is 2.60. The number of aromatic nitrogens is 1. The van der Waals surface area contributed by atoms with Gasteiger partial charge in [-0.15, -0.1) is 0 Å². The number of halogens is 1. The van der Waals surface area contributed by atoms with Gasteiger partial charge in [-0.2, -0.15) is 0 Å². The van der Waals surface area contributed by atoms with Crippen LogP contribution >= 0.6 is 11.6 Å². The summed E-state index contributed by atoms with van der Waals surface area (Å²) in [5.41, 5.74) is 0.145. The van der Waals surface area contributed by atoms with Crippen molar-refractivity contribution in [1.29, 1.82) is 0 Å². The number of carboxylic acid groups (broad SMARTS) is 1. The molecule has 2 aliphatic heterocycles. The molecular weight excluding hydrogens is 278 g/mol. The van der Waals surface area contributed by atoms with Crippen molar-refractivity contribution in [3.8, 4) is 0 Å². The van der Waals surface area contributed by atoms with Crippen LogP contribution in [0.1, 0.15) is 19.3 Å². The number of anilines is 1. The zero-order valence-electron chi connectivity index (χ0n) is 11.2. The zero-order valence-corrected chi connectivity index (χ0v) is 11.9. The largest absolute Gasteiger partial charge is 0.480 e. The molecule has 108 valence electrons. The van der Waals surface area contributed by atoms with Crippen LogP contribution in [0, 0.1) is 5.41 Å². The van der Waals surface area contributed by atoms with Crippen LogP contribution in [-0.2, 0) is 4.79 Å². The summed E-state index contributed by atoms with van der Waals surface area (Å²) in [6, 6.07) is 3.41. The minimum Gasteiger partial charge on any atom is -0.480 e. The summed E-state index contributed by atoms with van der Waals surface area (Å²) < 4.78 is 0. The molecule has 3 rings (SSSR count). The summed E-state index contributed by atoms with van der Waals surface area (Å²) in [6.45, 7) is 2.65. The average molecular weight is 296 g/mol. The van der Waals surface area contributed by atoms with Gasteiger partial charge in [-0.1, -0.05) is 11.6 Å². The zero-order chi connectivity index (χ0) is 14.2. The summed E-state index contributed by atoms with van der Waals surface area (Å²) in [6.07, 6.45) is 4.42.